The molecular weight excluding hydrogens is 384 g/mol. The normalized spacial score (nSPS) is 14.2. The summed E-state index contributed by atoms with van der Waals surface area (Å²) in [7, 11) is 1.50. The van der Waals surface area contributed by atoms with Gasteiger partial charge in [0, 0.05) is 11.9 Å². The number of amides is 1. The van der Waals surface area contributed by atoms with Crippen molar-refractivity contribution in [3.8, 4) is 0 Å². The van der Waals surface area contributed by atoms with Crippen LogP contribution in [0.3, 0.4) is 0 Å². The number of nitro groups is 1. The van der Waals surface area contributed by atoms with Crippen molar-refractivity contribution in [1.29, 1.82) is 0 Å². The zero-order valence-electron chi connectivity index (χ0n) is 16.0. The molecule has 0 saturated carbocycles. The molecule has 10 heteroatoms. The van der Waals surface area contributed by atoms with Crippen molar-refractivity contribution < 1.29 is 19.2 Å². The zero-order chi connectivity index (χ0) is 20.4. The van der Waals surface area contributed by atoms with Gasteiger partial charge in [-0.2, -0.15) is 5.10 Å². The maximum atomic E-state index is 12.8. The highest BCUT2D eigenvalue weighted by Crippen LogP contribution is 2.39. The standard InChI is InChI=1S/C18H22N4O5S/c1-4-10(2)27-18(24)14-11-7-5-6-8-13(11)28-17(14)19-16(23)15-12(22(25)26)9-21(3)20-15/h9-10H,4-8H2,1-3H3,(H,19,23). The molecular formula is C18H22N4O5S. The van der Waals surface area contributed by atoms with Gasteiger partial charge in [0.15, 0.2) is 0 Å². The van der Waals surface area contributed by atoms with E-state index in [9.17, 15) is 19.7 Å². The number of nitrogens with one attached hydrogen (secondary N) is 1. The van der Waals surface area contributed by atoms with Crippen molar-refractivity contribution in [3.05, 3.63) is 38.0 Å². The molecule has 0 radical (unpaired) electrons. The lowest BCUT2D eigenvalue weighted by atomic mass is 9.95. The van der Waals surface area contributed by atoms with Crippen molar-refractivity contribution in [2.75, 3.05) is 5.32 Å². The van der Waals surface area contributed by atoms with Crippen LogP contribution in [0.15, 0.2) is 6.20 Å². The monoisotopic (exact) mass is 406 g/mol. The van der Waals surface area contributed by atoms with Crippen LogP contribution in [0.25, 0.3) is 0 Å². The van der Waals surface area contributed by atoms with E-state index in [4.69, 9.17) is 4.74 Å². The second-order valence-electron chi connectivity index (χ2n) is 6.79. The Kier molecular flexibility index (Phi) is 5.78. The number of nitrogens with zero attached hydrogens (tertiary/aromatic N) is 3. The Balaban J connectivity index is 1.95. The minimum Gasteiger partial charge on any atom is -0.459 e. The fraction of sp³-hybridized carbons (Fsp3) is 0.500. The third kappa shape index (κ3) is 3.91. The van der Waals surface area contributed by atoms with Crippen molar-refractivity contribution in [3.63, 3.8) is 0 Å². The third-order valence-corrected chi connectivity index (χ3v) is 5.91. The summed E-state index contributed by atoms with van der Waals surface area (Å²) in [4.78, 5) is 37.0. The lowest BCUT2D eigenvalue weighted by Gasteiger charge is -2.15. The van der Waals surface area contributed by atoms with Gasteiger partial charge in [0.05, 0.1) is 16.6 Å². The Morgan fingerprint density at radius 1 is 1.43 bits per heavy atom. The van der Waals surface area contributed by atoms with Gasteiger partial charge in [-0.3, -0.25) is 19.6 Å². The maximum absolute atomic E-state index is 12.8. The van der Waals surface area contributed by atoms with E-state index >= 15 is 0 Å². The number of aryl methyl sites for hydroxylation is 2. The van der Waals surface area contributed by atoms with Gasteiger partial charge in [0.1, 0.15) is 11.2 Å². The molecule has 28 heavy (non-hydrogen) atoms. The summed E-state index contributed by atoms with van der Waals surface area (Å²) < 4.78 is 6.71. The fourth-order valence-electron chi connectivity index (χ4n) is 3.13. The Bertz CT molecular complexity index is 933. The lowest BCUT2D eigenvalue weighted by Crippen LogP contribution is -2.19. The van der Waals surface area contributed by atoms with E-state index in [1.807, 2.05) is 13.8 Å². The molecule has 0 saturated heterocycles. The molecule has 0 aromatic carbocycles. The zero-order valence-corrected chi connectivity index (χ0v) is 16.8. The number of ether oxygens (including phenoxy) is 1. The molecule has 9 nitrogen and oxygen atoms in total. The fourth-order valence-corrected chi connectivity index (χ4v) is 4.40. The van der Waals surface area contributed by atoms with Gasteiger partial charge in [-0.1, -0.05) is 6.92 Å². The van der Waals surface area contributed by atoms with Gasteiger partial charge in [0.2, 0.25) is 5.69 Å². The molecule has 1 N–H and O–H groups in total. The van der Waals surface area contributed by atoms with Gasteiger partial charge in [-0.25, -0.2) is 4.79 Å². The Morgan fingerprint density at radius 2 is 2.14 bits per heavy atom. The van der Waals surface area contributed by atoms with Crippen LogP contribution in [-0.2, 0) is 24.6 Å². The van der Waals surface area contributed by atoms with E-state index in [-0.39, 0.29) is 17.5 Å². The molecule has 1 aliphatic carbocycles. The smallest absolute Gasteiger partial charge is 0.341 e. The predicted molar refractivity (Wildman–Crippen MR) is 104 cm³/mol. The first-order valence-corrected chi connectivity index (χ1v) is 9.98. The number of aromatic nitrogens is 2. The Labute approximate surface area is 165 Å². The van der Waals surface area contributed by atoms with E-state index in [0.29, 0.717) is 17.0 Å². The first-order chi connectivity index (χ1) is 13.3. The largest absolute Gasteiger partial charge is 0.459 e. The number of carbonyl (C=O) groups is 2. The second kappa shape index (κ2) is 8.09. The second-order valence-corrected chi connectivity index (χ2v) is 7.89. The van der Waals surface area contributed by atoms with E-state index in [0.717, 1.165) is 36.1 Å². The van der Waals surface area contributed by atoms with Gasteiger partial charge in [0.25, 0.3) is 5.91 Å². The van der Waals surface area contributed by atoms with E-state index in [1.54, 1.807) is 0 Å². The number of hydrogen-bond donors (Lipinski definition) is 1. The highest BCUT2D eigenvalue weighted by atomic mass is 32.1. The molecule has 2 aromatic rings. The van der Waals surface area contributed by atoms with Gasteiger partial charge in [-0.15, -0.1) is 11.3 Å². The van der Waals surface area contributed by atoms with Crippen LogP contribution < -0.4 is 5.32 Å². The molecule has 2 heterocycles. The topological polar surface area (TPSA) is 116 Å². The lowest BCUT2D eigenvalue weighted by molar-refractivity contribution is -0.385. The number of thiophene rings is 1. The number of carbonyl (C=O) groups excluding carboxylic acids is 2. The van der Waals surface area contributed by atoms with Crippen LogP contribution in [0.5, 0.6) is 0 Å². The van der Waals surface area contributed by atoms with Crippen molar-refractivity contribution in [2.45, 2.75) is 52.1 Å². The highest BCUT2D eigenvalue weighted by molar-refractivity contribution is 7.17. The predicted octanol–water partition coefficient (Wildman–Crippen LogP) is 3.48. The summed E-state index contributed by atoms with van der Waals surface area (Å²) in [5.41, 5.74) is 0.604. The first kappa shape index (κ1) is 20.0. The molecule has 0 aliphatic heterocycles. The number of hydrogen-bond acceptors (Lipinski definition) is 7. The SMILES string of the molecule is CCC(C)OC(=O)c1c(NC(=O)c2nn(C)cc2[N+](=O)[O-])sc2c1CCCC2. The molecule has 150 valence electrons. The number of esters is 1. The first-order valence-electron chi connectivity index (χ1n) is 9.16. The van der Waals surface area contributed by atoms with E-state index in [2.05, 4.69) is 10.4 Å². The molecule has 0 spiro atoms. The highest BCUT2D eigenvalue weighted by Gasteiger charge is 2.31. The summed E-state index contributed by atoms with van der Waals surface area (Å²) in [5, 5.41) is 18.1. The van der Waals surface area contributed by atoms with Gasteiger partial charge < -0.3 is 10.1 Å². The summed E-state index contributed by atoms with van der Waals surface area (Å²) in [6, 6.07) is 0. The quantitative estimate of drug-likeness (QED) is 0.446. The van der Waals surface area contributed by atoms with Crippen LogP contribution in [0.4, 0.5) is 10.7 Å². The Hall–Kier alpha value is -2.75. The van der Waals surface area contributed by atoms with E-state index < -0.39 is 16.8 Å². The van der Waals surface area contributed by atoms with Gasteiger partial charge >= 0.3 is 11.7 Å². The van der Waals surface area contributed by atoms with Gasteiger partial charge in [-0.05, 0) is 44.6 Å². The summed E-state index contributed by atoms with van der Waals surface area (Å²) in [5.74, 6) is -1.19. The van der Waals surface area contributed by atoms with Crippen molar-refractivity contribution >= 4 is 33.9 Å². The van der Waals surface area contributed by atoms with Crippen molar-refractivity contribution in [2.24, 2.45) is 7.05 Å². The molecule has 3 rings (SSSR count). The molecule has 1 unspecified atom stereocenters. The average Bonchev–Trinajstić information content (AvgIpc) is 3.21. The van der Waals surface area contributed by atoms with Crippen LogP contribution >= 0.6 is 11.3 Å². The van der Waals surface area contributed by atoms with E-state index in [1.165, 1.54) is 29.3 Å². The summed E-state index contributed by atoms with van der Waals surface area (Å²) >= 11 is 1.33. The molecule has 0 bridgehead atoms. The van der Waals surface area contributed by atoms with Crippen LogP contribution in [0.2, 0.25) is 0 Å². The van der Waals surface area contributed by atoms with Crippen LogP contribution in [0, 0.1) is 10.1 Å². The average molecular weight is 406 g/mol. The van der Waals surface area contributed by atoms with Crippen molar-refractivity contribution in [1.82, 2.24) is 9.78 Å². The minimum atomic E-state index is -0.719. The van der Waals surface area contributed by atoms with Crippen LogP contribution in [-0.4, -0.2) is 32.7 Å². The number of rotatable bonds is 6. The summed E-state index contributed by atoms with van der Waals surface area (Å²) in [6.07, 6.45) is 5.18. The molecule has 1 aliphatic rings. The summed E-state index contributed by atoms with van der Waals surface area (Å²) in [6.45, 7) is 3.73. The maximum Gasteiger partial charge on any atom is 0.341 e. The molecule has 0 fully saturated rings. The molecule has 1 atom stereocenters. The number of fused-ring (bicyclic) bond motifs is 1. The molecule has 1 amide bonds. The Morgan fingerprint density at radius 3 is 2.82 bits per heavy atom. The van der Waals surface area contributed by atoms with Crippen LogP contribution in [0.1, 0.15) is 64.4 Å². The number of anilines is 1. The molecule has 2 aromatic heterocycles. The minimum absolute atomic E-state index is 0.243. The third-order valence-electron chi connectivity index (χ3n) is 4.71.